The molecule has 2 heterocycles. The zero-order chi connectivity index (χ0) is 13.9. The third kappa shape index (κ3) is 2.73. The van der Waals surface area contributed by atoms with Gasteiger partial charge in [-0.2, -0.15) is 5.10 Å². The van der Waals surface area contributed by atoms with E-state index in [0.29, 0.717) is 0 Å². The van der Waals surface area contributed by atoms with Crippen LogP contribution in [0.25, 0.3) is 10.2 Å². The minimum absolute atomic E-state index is 0.224. The molecule has 1 atom stereocenters. The summed E-state index contributed by atoms with van der Waals surface area (Å²) in [6, 6.07) is 10.6. The fourth-order valence-electron chi connectivity index (χ4n) is 2.33. The van der Waals surface area contributed by atoms with E-state index >= 15 is 0 Å². The monoisotopic (exact) mass is 286 g/mol. The van der Waals surface area contributed by atoms with Crippen LogP contribution in [0.15, 0.2) is 36.5 Å². The summed E-state index contributed by atoms with van der Waals surface area (Å²) in [4.78, 5) is 4.71. The third-order valence-electron chi connectivity index (χ3n) is 3.26. The van der Waals surface area contributed by atoms with Crippen LogP contribution in [0, 0.1) is 0 Å². The zero-order valence-corrected chi connectivity index (χ0v) is 12.5. The smallest absolute Gasteiger partial charge is 0.0958 e. The lowest BCUT2D eigenvalue weighted by molar-refractivity contribution is 0.527. The van der Waals surface area contributed by atoms with Gasteiger partial charge >= 0.3 is 0 Å². The molecule has 20 heavy (non-hydrogen) atoms. The van der Waals surface area contributed by atoms with Gasteiger partial charge in [0.25, 0.3) is 0 Å². The van der Waals surface area contributed by atoms with Crippen molar-refractivity contribution in [2.75, 3.05) is 6.54 Å². The van der Waals surface area contributed by atoms with Crippen LogP contribution in [-0.4, -0.2) is 21.3 Å². The van der Waals surface area contributed by atoms with Crippen LogP contribution in [0.2, 0.25) is 0 Å². The van der Waals surface area contributed by atoms with E-state index in [0.717, 1.165) is 29.2 Å². The van der Waals surface area contributed by atoms with Gasteiger partial charge in [-0.3, -0.25) is 4.68 Å². The summed E-state index contributed by atoms with van der Waals surface area (Å²) < 4.78 is 3.09. The van der Waals surface area contributed by atoms with Crippen molar-refractivity contribution in [1.82, 2.24) is 20.1 Å². The molecular formula is C15H18N4S. The van der Waals surface area contributed by atoms with Crippen LogP contribution in [0.3, 0.4) is 0 Å². The predicted octanol–water partition coefficient (Wildman–Crippen LogP) is 2.92. The molecule has 5 heteroatoms. The van der Waals surface area contributed by atoms with E-state index < -0.39 is 0 Å². The maximum Gasteiger partial charge on any atom is 0.0958 e. The lowest BCUT2D eigenvalue weighted by Gasteiger charge is -2.13. The van der Waals surface area contributed by atoms with Crippen molar-refractivity contribution >= 4 is 21.6 Å². The van der Waals surface area contributed by atoms with Gasteiger partial charge in [-0.05, 0) is 24.7 Å². The summed E-state index contributed by atoms with van der Waals surface area (Å²) >= 11 is 1.77. The molecule has 2 aromatic heterocycles. The van der Waals surface area contributed by atoms with Crippen molar-refractivity contribution < 1.29 is 0 Å². The number of rotatable bonds is 5. The first-order valence-electron chi connectivity index (χ1n) is 6.83. The second-order valence-electron chi connectivity index (χ2n) is 4.80. The first kappa shape index (κ1) is 13.3. The first-order chi connectivity index (χ1) is 9.76. The third-order valence-corrected chi connectivity index (χ3v) is 4.32. The molecule has 0 saturated carbocycles. The van der Waals surface area contributed by atoms with Crippen LogP contribution in [-0.2, 0) is 13.5 Å². The van der Waals surface area contributed by atoms with E-state index in [2.05, 4.69) is 41.6 Å². The maximum atomic E-state index is 4.71. The Labute approximate surface area is 122 Å². The molecule has 0 fully saturated rings. The molecule has 0 aliphatic rings. The molecular weight excluding hydrogens is 268 g/mol. The number of para-hydroxylation sites is 1. The molecule has 0 spiro atoms. The van der Waals surface area contributed by atoms with Gasteiger partial charge in [-0.1, -0.05) is 19.1 Å². The molecule has 3 rings (SSSR count). The first-order valence-corrected chi connectivity index (χ1v) is 7.65. The van der Waals surface area contributed by atoms with Crippen LogP contribution in [0.1, 0.15) is 23.7 Å². The Morgan fingerprint density at radius 1 is 1.30 bits per heavy atom. The average Bonchev–Trinajstić information content (AvgIpc) is 3.03. The fourth-order valence-corrected chi connectivity index (χ4v) is 3.34. The summed E-state index contributed by atoms with van der Waals surface area (Å²) in [5.41, 5.74) is 2.16. The van der Waals surface area contributed by atoms with Gasteiger partial charge in [0.1, 0.15) is 0 Å². The van der Waals surface area contributed by atoms with E-state index in [4.69, 9.17) is 4.98 Å². The van der Waals surface area contributed by atoms with Crippen LogP contribution in [0.4, 0.5) is 0 Å². The molecule has 3 aromatic rings. The molecule has 0 bridgehead atoms. The van der Waals surface area contributed by atoms with Gasteiger partial charge in [0.2, 0.25) is 0 Å². The Hall–Kier alpha value is -1.72. The molecule has 0 aliphatic carbocycles. The van der Waals surface area contributed by atoms with Crippen molar-refractivity contribution in [3.05, 3.63) is 47.2 Å². The zero-order valence-electron chi connectivity index (χ0n) is 11.7. The van der Waals surface area contributed by atoms with Crippen molar-refractivity contribution in [2.45, 2.75) is 19.4 Å². The highest BCUT2D eigenvalue weighted by atomic mass is 32.1. The highest BCUT2D eigenvalue weighted by molar-refractivity contribution is 7.18. The number of hydrogen-bond donors (Lipinski definition) is 1. The average molecular weight is 286 g/mol. The number of nitrogens with zero attached hydrogens (tertiary/aromatic N) is 3. The fraction of sp³-hybridized carbons (Fsp3) is 0.333. The summed E-state index contributed by atoms with van der Waals surface area (Å²) in [5, 5.41) is 9.16. The number of aromatic nitrogens is 3. The Bertz CT molecular complexity index is 668. The number of thiazole rings is 1. The van der Waals surface area contributed by atoms with Gasteiger partial charge < -0.3 is 5.32 Å². The van der Waals surface area contributed by atoms with Crippen molar-refractivity contribution in [2.24, 2.45) is 7.05 Å². The maximum absolute atomic E-state index is 4.71. The summed E-state index contributed by atoms with van der Waals surface area (Å²) in [7, 11) is 1.95. The number of benzene rings is 1. The molecule has 0 aliphatic heterocycles. The molecule has 1 unspecified atom stereocenters. The normalized spacial score (nSPS) is 12.9. The van der Waals surface area contributed by atoms with Crippen molar-refractivity contribution in [3.63, 3.8) is 0 Å². The molecule has 1 N–H and O–H groups in total. The van der Waals surface area contributed by atoms with Gasteiger partial charge in [-0.25, -0.2) is 4.98 Å². The van der Waals surface area contributed by atoms with E-state index in [1.807, 2.05) is 24.0 Å². The van der Waals surface area contributed by atoms with Crippen LogP contribution < -0.4 is 5.32 Å². The number of nitrogens with one attached hydrogen (secondary N) is 1. The van der Waals surface area contributed by atoms with Gasteiger partial charge in [0, 0.05) is 19.7 Å². The highest BCUT2D eigenvalue weighted by Crippen LogP contribution is 2.25. The quantitative estimate of drug-likeness (QED) is 0.784. The summed E-state index contributed by atoms with van der Waals surface area (Å²) in [6.45, 7) is 3.04. The SMILES string of the molecule is CCNC(Cc1nc2ccccc2s1)c1ccn(C)n1. The molecule has 0 saturated heterocycles. The number of likely N-dealkylation sites (N-methyl/N-ethyl adjacent to an activating group) is 1. The molecule has 0 amide bonds. The van der Waals surface area contributed by atoms with Gasteiger partial charge in [0.15, 0.2) is 0 Å². The van der Waals surface area contributed by atoms with E-state index in [1.54, 1.807) is 11.3 Å². The highest BCUT2D eigenvalue weighted by Gasteiger charge is 2.16. The Morgan fingerprint density at radius 3 is 2.85 bits per heavy atom. The Morgan fingerprint density at radius 2 is 2.15 bits per heavy atom. The van der Waals surface area contributed by atoms with E-state index in [1.165, 1.54) is 4.70 Å². The molecule has 4 nitrogen and oxygen atoms in total. The second-order valence-corrected chi connectivity index (χ2v) is 5.92. The largest absolute Gasteiger partial charge is 0.309 e. The van der Waals surface area contributed by atoms with Crippen LogP contribution >= 0.6 is 11.3 Å². The molecule has 1 aromatic carbocycles. The minimum Gasteiger partial charge on any atom is -0.309 e. The van der Waals surface area contributed by atoms with Crippen molar-refractivity contribution in [3.8, 4) is 0 Å². The lowest BCUT2D eigenvalue weighted by atomic mass is 10.1. The number of fused-ring (bicyclic) bond motifs is 1. The molecule has 0 radical (unpaired) electrons. The van der Waals surface area contributed by atoms with E-state index in [9.17, 15) is 0 Å². The minimum atomic E-state index is 0.224. The lowest BCUT2D eigenvalue weighted by Crippen LogP contribution is -2.23. The predicted molar refractivity (Wildman–Crippen MR) is 82.9 cm³/mol. The topological polar surface area (TPSA) is 42.7 Å². The van der Waals surface area contributed by atoms with Crippen molar-refractivity contribution in [1.29, 1.82) is 0 Å². The summed E-state index contributed by atoms with van der Waals surface area (Å²) in [6.07, 6.45) is 2.86. The van der Waals surface area contributed by atoms with Crippen LogP contribution in [0.5, 0.6) is 0 Å². The second kappa shape index (κ2) is 5.73. The van der Waals surface area contributed by atoms with E-state index in [-0.39, 0.29) is 6.04 Å². The molecule has 104 valence electrons. The standard InChI is InChI=1S/C15H18N4S/c1-3-16-13(11-8-9-19(2)18-11)10-15-17-12-6-4-5-7-14(12)20-15/h4-9,13,16H,3,10H2,1-2H3. The Balaban J connectivity index is 1.85. The summed E-state index contributed by atoms with van der Waals surface area (Å²) in [5.74, 6) is 0. The van der Waals surface area contributed by atoms with Gasteiger partial charge in [0.05, 0.1) is 27.0 Å². The Kier molecular flexibility index (Phi) is 3.80. The number of hydrogen-bond acceptors (Lipinski definition) is 4. The number of aryl methyl sites for hydroxylation is 1. The van der Waals surface area contributed by atoms with Gasteiger partial charge in [-0.15, -0.1) is 11.3 Å².